The van der Waals surface area contributed by atoms with Gasteiger partial charge in [-0.1, -0.05) is 87.0 Å². The fourth-order valence-electron chi connectivity index (χ4n) is 4.94. The standard InChI is InChI=1S/C23H44O2.C3H8/c1-17-16-21(18(2)23(4,5)6)12-13-22(17)25-19(3)24-15-14-20-10-8-7-9-11-20;1-3-2/h17-22H,7-16H2,1-6H3;3H2,1-2H3. The van der Waals surface area contributed by atoms with Crippen molar-refractivity contribution in [2.45, 2.75) is 132 Å². The van der Waals surface area contributed by atoms with Crippen LogP contribution in [0.15, 0.2) is 0 Å². The Balaban J connectivity index is 0.00000122. The van der Waals surface area contributed by atoms with E-state index in [0.29, 0.717) is 17.4 Å². The molecule has 2 heteroatoms. The van der Waals surface area contributed by atoms with E-state index in [1.165, 1.54) is 64.2 Å². The van der Waals surface area contributed by atoms with Crippen LogP contribution in [0.2, 0.25) is 0 Å². The Morgan fingerprint density at radius 3 is 2.07 bits per heavy atom. The summed E-state index contributed by atoms with van der Waals surface area (Å²) < 4.78 is 12.3. The Kier molecular flexibility index (Phi) is 12.3. The van der Waals surface area contributed by atoms with E-state index in [1.807, 2.05) is 0 Å². The molecule has 0 spiro atoms. The molecule has 2 rings (SSSR count). The van der Waals surface area contributed by atoms with E-state index in [4.69, 9.17) is 9.47 Å². The SMILES string of the molecule is CC(OCCC1CCCCC1)OC1CCC(C(C)C(C)(C)C)CC1C.CCC. The Morgan fingerprint density at radius 1 is 0.929 bits per heavy atom. The zero-order chi connectivity index (χ0) is 21.2. The van der Waals surface area contributed by atoms with E-state index in [-0.39, 0.29) is 6.29 Å². The third-order valence-electron chi connectivity index (χ3n) is 7.17. The predicted octanol–water partition coefficient (Wildman–Crippen LogP) is 8.24. The highest BCUT2D eigenvalue weighted by Gasteiger charge is 2.35. The van der Waals surface area contributed by atoms with Gasteiger partial charge in [-0.15, -0.1) is 0 Å². The van der Waals surface area contributed by atoms with Gasteiger partial charge in [0, 0.05) is 6.61 Å². The van der Waals surface area contributed by atoms with Gasteiger partial charge in [-0.2, -0.15) is 0 Å². The summed E-state index contributed by atoms with van der Waals surface area (Å²) in [5.74, 6) is 3.17. The molecule has 5 unspecified atom stereocenters. The maximum atomic E-state index is 6.28. The highest BCUT2D eigenvalue weighted by Crippen LogP contribution is 2.42. The summed E-state index contributed by atoms with van der Waals surface area (Å²) >= 11 is 0. The molecule has 0 N–H and O–H groups in total. The fraction of sp³-hybridized carbons (Fsp3) is 1.00. The molecule has 2 aliphatic carbocycles. The van der Waals surface area contributed by atoms with Crippen molar-refractivity contribution in [3.63, 3.8) is 0 Å². The van der Waals surface area contributed by atoms with Crippen molar-refractivity contribution >= 4 is 0 Å². The van der Waals surface area contributed by atoms with Gasteiger partial charge in [-0.3, -0.25) is 0 Å². The molecule has 0 radical (unpaired) electrons. The topological polar surface area (TPSA) is 18.5 Å². The zero-order valence-electron chi connectivity index (χ0n) is 20.6. The van der Waals surface area contributed by atoms with Crippen molar-refractivity contribution in [3.8, 4) is 0 Å². The van der Waals surface area contributed by atoms with Gasteiger partial charge in [0.1, 0.15) is 0 Å². The second-order valence-corrected chi connectivity index (χ2v) is 10.8. The molecule has 0 aliphatic heterocycles. The van der Waals surface area contributed by atoms with E-state index < -0.39 is 0 Å². The maximum absolute atomic E-state index is 6.28. The van der Waals surface area contributed by atoms with Crippen LogP contribution in [0.1, 0.15) is 120 Å². The lowest BCUT2D eigenvalue weighted by atomic mass is 9.67. The first-order valence-electron chi connectivity index (χ1n) is 12.5. The molecule has 0 bridgehead atoms. The van der Waals surface area contributed by atoms with Crippen LogP contribution in [0, 0.1) is 29.1 Å². The molecule has 0 heterocycles. The summed E-state index contributed by atoms with van der Waals surface area (Å²) in [5, 5.41) is 0. The van der Waals surface area contributed by atoms with Crippen LogP contribution in [-0.4, -0.2) is 19.0 Å². The highest BCUT2D eigenvalue weighted by atomic mass is 16.7. The number of hydrogen-bond donors (Lipinski definition) is 0. The van der Waals surface area contributed by atoms with Gasteiger partial charge < -0.3 is 9.47 Å². The Morgan fingerprint density at radius 2 is 1.54 bits per heavy atom. The van der Waals surface area contributed by atoms with Crippen molar-refractivity contribution in [1.29, 1.82) is 0 Å². The normalized spacial score (nSPS) is 28.9. The third-order valence-corrected chi connectivity index (χ3v) is 7.17. The van der Waals surface area contributed by atoms with Gasteiger partial charge in [0.05, 0.1) is 6.10 Å². The maximum Gasteiger partial charge on any atom is 0.155 e. The first-order chi connectivity index (χ1) is 13.2. The van der Waals surface area contributed by atoms with E-state index in [2.05, 4.69) is 55.4 Å². The van der Waals surface area contributed by atoms with Gasteiger partial charge in [-0.25, -0.2) is 0 Å². The molecule has 0 amide bonds. The average molecular weight is 397 g/mol. The molecule has 0 saturated heterocycles. The van der Waals surface area contributed by atoms with Crippen molar-refractivity contribution in [3.05, 3.63) is 0 Å². The Hall–Kier alpha value is -0.0800. The molecular weight excluding hydrogens is 344 g/mol. The number of ether oxygens (including phenoxy) is 2. The van der Waals surface area contributed by atoms with E-state index >= 15 is 0 Å². The minimum Gasteiger partial charge on any atom is -0.353 e. The fourth-order valence-corrected chi connectivity index (χ4v) is 4.94. The average Bonchev–Trinajstić information content (AvgIpc) is 2.63. The van der Waals surface area contributed by atoms with Gasteiger partial charge in [0.2, 0.25) is 0 Å². The summed E-state index contributed by atoms with van der Waals surface area (Å²) in [6, 6.07) is 0. The molecule has 28 heavy (non-hydrogen) atoms. The number of hydrogen-bond acceptors (Lipinski definition) is 2. The van der Waals surface area contributed by atoms with Gasteiger partial charge in [-0.05, 0) is 61.7 Å². The minimum atomic E-state index is -0.0485. The summed E-state index contributed by atoms with van der Waals surface area (Å²) in [7, 11) is 0. The molecule has 2 saturated carbocycles. The van der Waals surface area contributed by atoms with Crippen LogP contribution in [0.3, 0.4) is 0 Å². The predicted molar refractivity (Wildman–Crippen MR) is 123 cm³/mol. The lowest BCUT2D eigenvalue weighted by molar-refractivity contribution is -0.183. The van der Waals surface area contributed by atoms with Crippen LogP contribution < -0.4 is 0 Å². The third kappa shape index (κ3) is 9.61. The molecule has 0 aromatic carbocycles. The van der Waals surface area contributed by atoms with Gasteiger partial charge in [0.15, 0.2) is 6.29 Å². The Labute approximate surface area is 177 Å². The summed E-state index contributed by atoms with van der Waals surface area (Å²) in [4.78, 5) is 0. The van der Waals surface area contributed by atoms with Crippen LogP contribution in [0.25, 0.3) is 0 Å². The van der Waals surface area contributed by atoms with Crippen molar-refractivity contribution in [2.75, 3.05) is 6.61 Å². The number of rotatable bonds is 7. The quantitative estimate of drug-likeness (QED) is 0.403. The molecule has 0 aromatic heterocycles. The smallest absolute Gasteiger partial charge is 0.155 e. The lowest BCUT2D eigenvalue weighted by Crippen LogP contribution is -2.37. The van der Waals surface area contributed by atoms with Crippen LogP contribution in [0.4, 0.5) is 0 Å². The van der Waals surface area contributed by atoms with E-state index in [0.717, 1.165) is 24.4 Å². The largest absolute Gasteiger partial charge is 0.353 e. The molecule has 168 valence electrons. The van der Waals surface area contributed by atoms with E-state index in [9.17, 15) is 0 Å². The van der Waals surface area contributed by atoms with Crippen molar-refractivity contribution in [1.82, 2.24) is 0 Å². The van der Waals surface area contributed by atoms with Crippen molar-refractivity contribution in [2.24, 2.45) is 29.1 Å². The molecule has 0 aromatic rings. The summed E-state index contributed by atoms with van der Waals surface area (Å²) in [6.07, 6.45) is 13.7. The second-order valence-electron chi connectivity index (χ2n) is 10.8. The second kappa shape index (κ2) is 13.3. The molecule has 2 nitrogen and oxygen atoms in total. The zero-order valence-corrected chi connectivity index (χ0v) is 20.6. The highest BCUT2D eigenvalue weighted by molar-refractivity contribution is 4.85. The van der Waals surface area contributed by atoms with Gasteiger partial charge >= 0.3 is 0 Å². The van der Waals surface area contributed by atoms with Crippen LogP contribution in [0.5, 0.6) is 0 Å². The molecule has 2 fully saturated rings. The molecule has 2 aliphatic rings. The van der Waals surface area contributed by atoms with Gasteiger partial charge in [0.25, 0.3) is 0 Å². The lowest BCUT2D eigenvalue weighted by Gasteiger charge is -2.42. The molecular formula is C26H52O2. The van der Waals surface area contributed by atoms with Crippen LogP contribution >= 0.6 is 0 Å². The Bertz CT molecular complexity index is 380. The van der Waals surface area contributed by atoms with Crippen LogP contribution in [-0.2, 0) is 9.47 Å². The van der Waals surface area contributed by atoms with E-state index in [1.54, 1.807) is 0 Å². The molecule has 5 atom stereocenters. The minimum absolute atomic E-state index is 0.0485. The summed E-state index contributed by atoms with van der Waals surface area (Å²) in [5.41, 5.74) is 0.410. The van der Waals surface area contributed by atoms with Crippen molar-refractivity contribution < 1.29 is 9.47 Å². The first kappa shape index (κ1) is 26.0. The first-order valence-corrected chi connectivity index (χ1v) is 12.5. The monoisotopic (exact) mass is 396 g/mol. The summed E-state index contributed by atoms with van der Waals surface area (Å²) in [6.45, 7) is 19.2.